The van der Waals surface area contributed by atoms with Crippen LogP contribution >= 0.6 is 0 Å². The molecule has 0 unspecified atom stereocenters. The number of hydrogen-bond acceptors (Lipinski definition) is 2. The van der Waals surface area contributed by atoms with Crippen molar-refractivity contribution in [3.05, 3.63) is 65.7 Å². The number of anilines is 1. The van der Waals surface area contributed by atoms with Crippen molar-refractivity contribution in [3.63, 3.8) is 0 Å². The van der Waals surface area contributed by atoms with Gasteiger partial charge in [0.2, 0.25) is 5.91 Å². The van der Waals surface area contributed by atoms with Gasteiger partial charge in [0, 0.05) is 25.2 Å². The zero-order valence-electron chi connectivity index (χ0n) is 16.3. The van der Waals surface area contributed by atoms with Crippen molar-refractivity contribution in [2.75, 3.05) is 18.4 Å². The van der Waals surface area contributed by atoms with E-state index in [1.54, 1.807) is 0 Å². The molecule has 0 spiro atoms. The first-order valence-corrected chi connectivity index (χ1v) is 9.66. The van der Waals surface area contributed by atoms with Gasteiger partial charge in [-0.3, -0.25) is 4.79 Å². The molecule has 27 heavy (non-hydrogen) atoms. The van der Waals surface area contributed by atoms with Crippen LogP contribution in [-0.2, 0) is 17.8 Å². The number of guanidine groups is 1. The molecule has 0 aliphatic carbocycles. The van der Waals surface area contributed by atoms with E-state index < -0.39 is 0 Å². The minimum Gasteiger partial charge on any atom is -0.357 e. The van der Waals surface area contributed by atoms with Gasteiger partial charge in [-0.1, -0.05) is 49.4 Å². The Morgan fingerprint density at radius 2 is 1.67 bits per heavy atom. The van der Waals surface area contributed by atoms with E-state index in [0.717, 1.165) is 43.1 Å². The second kappa shape index (κ2) is 11.7. The van der Waals surface area contributed by atoms with Crippen molar-refractivity contribution >= 4 is 17.6 Å². The quantitative estimate of drug-likeness (QED) is 0.468. The largest absolute Gasteiger partial charge is 0.357 e. The maximum Gasteiger partial charge on any atom is 0.224 e. The number of nitrogens with zero attached hydrogens (tertiary/aromatic N) is 1. The van der Waals surface area contributed by atoms with Gasteiger partial charge in [-0.2, -0.15) is 0 Å². The second-order valence-electron chi connectivity index (χ2n) is 6.35. The van der Waals surface area contributed by atoms with Gasteiger partial charge in [0.1, 0.15) is 0 Å². The number of aliphatic imine (C=N–C) groups is 1. The fourth-order valence-electron chi connectivity index (χ4n) is 2.63. The molecule has 2 aromatic carbocycles. The van der Waals surface area contributed by atoms with Gasteiger partial charge in [-0.25, -0.2) is 4.99 Å². The smallest absolute Gasteiger partial charge is 0.224 e. The fourth-order valence-corrected chi connectivity index (χ4v) is 2.63. The molecular formula is C22H30N4O. The van der Waals surface area contributed by atoms with E-state index in [1.807, 2.05) is 37.3 Å². The molecule has 144 valence electrons. The summed E-state index contributed by atoms with van der Waals surface area (Å²) in [6.45, 7) is 6.29. The average molecular weight is 367 g/mol. The first kappa shape index (κ1) is 20.5. The Balaban J connectivity index is 1.85. The third-order valence-corrected chi connectivity index (χ3v) is 4.03. The number of rotatable bonds is 9. The van der Waals surface area contributed by atoms with Crippen LogP contribution in [0.5, 0.6) is 0 Å². The van der Waals surface area contributed by atoms with E-state index in [-0.39, 0.29) is 5.91 Å². The number of hydrogen-bond donors (Lipinski definition) is 3. The molecule has 0 aromatic heterocycles. The Bertz CT molecular complexity index is 711. The number of amides is 1. The van der Waals surface area contributed by atoms with E-state index in [0.29, 0.717) is 13.0 Å². The fraction of sp³-hybridized carbons (Fsp3) is 0.364. The highest BCUT2D eigenvalue weighted by molar-refractivity contribution is 5.90. The molecule has 0 saturated carbocycles. The van der Waals surface area contributed by atoms with Crippen molar-refractivity contribution < 1.29 is 4.79 Å². The molecule has 0 aliphatic rings. The van der Waals surface area contributed by atoms with Gasteiger partial charge in [0.15, 0.2) is 5.96 Å². The topological polar surface area (TPSA) is 65.5 Å². The van der Waals surface area contributed by atoms with Crippen LogP contribution in [0.2, 0.25) is 0 Å². The van der Waals surface area contributed by atoms with Gasteiger partial charge in [-0.05, 0) is 43.0 Å². The van der Waals surface area contributed by atoms with E-state index >= 15 is 0 Å². The van der Waals surface area contributed by atoms with Crippen molar-refractivity contribution in [3.8, 4) is 0 Å². The summed E-state index contributed by atoms with van der Waals surface area (Å²) >= 11 is 0. The predicted molar refractivity (Wildman–Crippen MR) is 113 cm³/mol. The molecule has 0 bridgehead atoms. The Hall–Kier alpha value is -2.82. The Kier molecular flexibility index (Phi) is 8.90. The summed E-state index contributed by atoms with van der Waals surface area (Å²) in [5.41, 5.74) is 3.24. The lowest BCUT2D eigenvalue weighted by Crippen LogP contribution is -2.38. The average Bonchev–Trinajstić information content (AvgIpc) is 2.68. The van der Waals surface area contributed by atoms with E-state index in [4.69, 9.17) is 0 Å². The molecule has 5 heteroatoms. The van der Waals surface area contributed by atoms with Crippen LogP contribution in [0.3, 0.4) is 0 Å². The van der Waals surface area contributed by atoms with Crippen molar-refractivity contribution in [2.24, 2.45) is 4.99 Å². The summed E-state index contributed by atoms with van der Waals surface area (Å²) in [5, 5.41) is 9.54. The summed E-state index contributed by atoms with van der Waals surface area (Å²) in [5.74, 6) is 0.870. The number of carbonyl (C=O) groups excluding carboxylic acids is 1. The van der Waals surface area contributed by atoms with Gasteiger partial charge in [0.25, 0.3) is 0 Å². The molecule has 2 rings (SSSR count). The van der Waals surface area contributed by atoms with Crippen LogP contribution in [0.15, 0.2) is 59.6 Å². The maximum absolute atomic E-state index is 11.6. The van der Waals surface area contributed by atoms with E-state index in [9.17, 15) is 4.79 Å². The molecule has 0 heterocycles. The van der Waals surface area contributed by atoms with Crippen LogP contribution in [-0.4, -0.2) is 25.0 Å². The molecule has 5 nitrogen and oxygen atoms in total. The zero-order valence-corrected chi connectivity index (χ0v) is 16.3. The Morgan fingerprint density at radius 3 is 2.33 bits per heavy atom. The highest BCUT2D eigenvalue weighted by Gasteiger charge is 2.01. The van der Waals surface area contributed by atoms with Crippen molar-refractivity contribution in [1.29, 1.82) is 0 Å². The lowest BCUT2D eigenvalue weighted by molar-refractivity contribution is -0.116. The summed E-state index contributed by atoms with van der Waals surface area (Å²) in [6.07, 6.45) is 2.35. The summed E-state index contributed by atoms with van der Waals surface area (Å²) in [7, 11) is 0. The molecule has 0 saturated heterocycles. The number of benzene rings is 2. The SMILES string of the molecule is CCCC(=O)Nc1ccc(CN=C(NCC)NCCc2ccccc2)cc1. The molecule has 0 fully saturated rings. The van der Waals surface area contributed by atoms with Crippen LogP contribution in [0, 0.1) is 0 Å². The lowest BCUT2D eigenvalue weighted by Gasteiger charge is -2.11. The maximum atomic E-state index is 11.6. The molecule has 0 aliphatic heterocycles. The monoisotopic (exact) mass is 366 g/mol. The van der Waals surface area contributed by atoms with Crippen LogP contribution < -0.4 is 16.0 Å². The Labute approximate surface area is 162 Å². The first-order chi connectivity index (χ1) is 13.2. The molecule has 1 amide bonds. The zero-order chi connectivity index (χ0) is 19.3. The summed E-state index contributed by atoms with van der Waals surface area (Å²) < 4.78 is 0. The van der Waals surface area contributed by atoms with Crippen molar-refractivity contribution in [1.82, 2.24) is 10.6 Å². The standard InChI is InChI=1S/C22H30N4O/c1-3-8-21(27)26-20-13-11-19(12-14-20)17-25-22(23-4-2)24-16-15-18-9-6-5-7-10-18/h5-7,9-14H,3-4,8,15-17H2,1-2H3,(H,26,27)(H2,23,24,25). The van der Waals surface area contributed by atoms with Gasteiger partial charge in [-0.15, -0.1) is 0 Å². The highest BCUT2D eigenvalue weighted by Crippen LogP contribution is 2.11. The number of carbonyl (C=O) groups is 1. The molecule has 0 atom stereocenters. The third-order valence-electron chi connectivity index (χ3n) is 4.03. The Morgan fingerprint density at radius 1 is 0.926 bits per heavy atom. The van der Waals surface area contributed by atoms with Crippen LogP contribution in [0.25, 0.3) is 0 Å². The number of nitrogens with one attached hydrogen (secondary N) is 3. The minimum atomic E-state index is 0.0559. The summed E-state index contributed by atoms with van der Waals surface area (Å²) in [4.78, 5) is 16.3. The molecule has 2 aromatic rings. The highest BCUT2D eigenvalue weighted by atomic mass is 16.1. The predicted octanol–water partition coefficient (Wildman–Crippen LogP) is 3.72. The van der Waals surface area contributed by atoms with E-state index in [1.165, 1.54) is 5.56 Å². The second-order valence-corrected chi connectivity index (χ2v) is 6.35. The summed E-state index contributed by atoms with van der Waals surface area (Å²) in [6, 6.07) is 18.3. The molecular weight excluding hydrogens is 336 g/mol. The third kappa shape index (κ3) is 7.94. The molecule has 3 N–H and O–H groups in total. The van der Waals surface area contributed by atoms with E-state index in [2.05, 4.69) is 52.1 Å². The van der Waals surface area contributed by atoms with Crippen LogP contribution in [0.4, 0.5) is 5.69 Å². The first-order valence-electron chi connectivity index (χ1n) is 9.66. The molecule has 0 radical (unpaired) electrons. The van der Waals surface area contributed by atoms with Gasteiger partial charge in [0.05, 0.1) is 6.54 Å². The minimum absolute atomic E-state index is 0.0559. The normalized spacial score (nSPS) is 11.1. The lowest BCUT2D eigenvalue weighted by atomic mass is 10.1. The van der Waals surface area contributed by atoms with Gasteiger partial charge < -0.3 is 16.0 Å². The van der Waals surface area contributed by atoms with Crippen LogP contribution in [0.1, 0.15) is 37.8 Å². The van der Waals surface area contributed by atoms with Gasteiger partial charge >= 0.3 is 0 Å². The van der Waals surface area contributed by atoms with Crippen molar-refractivity contribution in [2.45, 2.75) is 39.7 Å².